The van der Waals surface area contributed by atoms with E-state index in [1.165, 1.54) is 0 Å². The first-order valence-corrected chi connectivity index (χ1v) is 11.8. The first-order chi connectivity index (χ1) is 16.9. The van der Waals surface area contributed by atoms with Gasteiger partial charge < -0.3 is 21.3 Å². The van der Waals surface area contributed by atoms with Gasteiger partial charge in [-0.2, -0.15) is 0 Å². The van der Waals surface area contributed by atoms with Crippen molar-refractivity contribution in [2.24, 2.45) is 0 Å². The summed E-state index contributed by atoms with van der Waals surface area (Å²) in [6.45, 7) is 6.16. The minimum atomic E-state index is -0.161. The Balaban J connectivity index is 1.47. The molecule has 178 valence electrons. The summed E-state index contributed by atoms with van der Waals surface area (Å²) in [7, 11) is 0. The van der Waals surface area contributed by atoms with E-state index in [1.54, 1.807) is 12.1 Å². The van der Waals surface area contributed by atoms with Gasteiger partial charge in [-0.05, 0) is 68.8 Å². The lowest BCUT2D eigenvalue weighted by atomic mass is 10.0. The average molecular weight is 467 g/mol. The Bertz CT molecular complexity index is 1300. The van der Waals surface area contributed by atoms with E-state index in [9.17, 15) is 9.59 Å². The van der Waals surface area contributed by atoms with Gasteiger partial charge >= 0.3 is 0 Å². The monoisotopic (exact) mass is 466 g/mol. The smallest absolute Gasteiger partial charge is 0.256 e. The van der Waals surface area contributed by atoms with Gasteiger partial charge in [0.25, 0.3) is 11.8 Å². The molecule has 0 aromatic heterocycles. The summed E-state index contributed by atoms with van der Waals surface area (Å²) in [5, 5.41) is 12.6. The number of rotatable bonds is 8. The Morgan fingerprint density at radius 3 is 2.49 bits per heavy atom. The molecule has 0 spiro atoms. The number of amides is 2. The van der Waals surface area contributed by atoms with Crippen LogP contribution in [-0.2, 0) is 4.79 Å². The summed E-state index contributed by atoms with van der Waals surface area (Å²) in [6.07, 6.45) is 5.04. The molecule has 1 unspecified atom stereocenters. The van der Waals surface area contributed by atoms with Gasteiger partial charge in [0.15, 0.2) is 0 Å². The zero-order chi connectivity index (χ0) is 24.8. The van der Waals surface area contributed by atoms with E-state index in [0.29, 0.717) is 16.8 Å². The molecule has 4 rings (SSSR count). The van der Waals surface area contributed by atoms with Crippen molar-refractivity contribution in [3.8, 4) is 0 Å². The van der Waals surface area contributed by atoms with Crippen LogP contribution in [0.2, 0.25) is 0 Å². The molecule has 3 aromatic carbocycles. The Morgan fingerprint density at radius 1 is 0.971 bits per heavy atom. The van der Waals surface area contributed by atoms with E-state index in [4.69, 9.17) is 0 Å². The van der Waals surface area contributed by atoms with Crippen molar-refractivity contribution in [3.05, 3.63) is 102 Å². The Hall–Kier alpha value is -4.32. The molecule has 4 N–H and O–H groups in total. The molecule has 1 atom stereocenters. The van der Waals surface area contributed by atoms with Gasteiger partial charge in [0, 0.05) is 45.5 Å². The summed E-state index contributed by atoms with van der Waals surface area (Å²) >= 11 is 0. The third-order valence-corrected chi connectivity index (χ3v) is 5.63. The molecule has 0 aliphatic carbocycles. The van der Waals surface area contributed by atoms with E-state index in [1.807, 2.05) is 80.6 Å². The molecule has 0 bridgehead atoms. The minimum absolute atomic E-state index is 0.0242. The van der Waals surface area contributed by atoms with Crippen molar-refractivity contribution in [2.75, 3.05) is 16.0 Å². The Labute approximate surface area is 206 Å². The molecule has 3 aromatic rings. The SMILES string of the molecule is CC/C=C(/C)NC(C)/C=C1\C(=O)Nc2cc(Nc3cccc(NC(=O)c4ccccc4)c3)ccc21. The van der Waals surface area contributed by atoms with Crippen LogP contribution in [0.3, 0.4) is 0 Å². The van der Waals surface area contributed by atoms with Crippen LogP contribution in [0, 0.1) is 0 Å². The zero-order valence-corrected chi connectivity index (χ0v) is 20.2. The average Bonchev–Trinajstić information content (AvgIpc) is 3.14. The van der Waals surface area contributed by atoms with Crippen LogP contribution < -0.4 is 21.3 Å². The number of anilines is 4. The van der Waals surface area contributed by atoms with Gasteiger partial charge in [-0.15, -0.1) is 0 Å². The second-order valence-corrected chi connectivity index (χ2v) is 8.55. The first kappa shape index (κ1) is 23.8. The first-order valence-electron chi connectivity index (χ1n) is 11.8. The van der Waals surface area contributed by atoms with Crippen molar-refractivity contribution >= 4 is 40.1 Å². The number of hydrogen-bond acceptors (Lipinski definition) is 4. The molecule has 0 radical (unpaired) electrons. The number of fused-ring (bicyclic) bond motifs is 1. The van der Waals surface area contributed by atoms with Crippen molar-refractivity contribution in [3.63, 3.8) is 0 Å². The van der Waals surface area contributed by atoms with E-state index >= 15 is 0 Å². The van der Waals surface area contributed by atoms with E-state index in [0.717, 1.165) is 34.7 Å². The lowest BCUT2D eigenvalue weighted by Gasteiger charge is -2.13. The zero-order valence-electron chi connectivity index (χ0n) is 20.2. The third-order valence-electron chi connectivity index (χ3n) is 5.63. The van der Waals surface area contributed by atoms with Gasteiger partial charge in [0.2, 0.25) is 0 Å². The maximum atomic E-state index is 12.6. The molecule has 6 nitrogen and oxygen atoms in total. The molecule has 1 aliphatic heterocycles. The fourth-order valence-electron chi connectivity index (χ4n) is 4.09. The van der Waals surface area contributed by atoms with Crippen LogP contribution >= 0.6 is 0 Å². The van der Waals surface area contributed by atoms with E-state index in [2.05, 4.69) is 34.3 Å². The van der Waals surface area contributed by atoms with Crippen molar-refractivity contribution in [2.45, 2.75) is 33.2 Å². The lowest BCUT2D eigenvalue weighted by molar-refractivity contribution is -0.110. The van der Waals surface area contributed by atoms with E-state index < -0.39 is 0 Å². The predicted molar refractivity (Wildman–Crippen MR) is 144 cm³/mol. The quantitative estimate of drug-likeness (QED) is 0.293. The van der Waals surface area contributed by atoms with Crippen molar-refractivity contribution in [1.29, 1.82) is 0 Å². The van der Waals surface area contributed by atoms with Gasteiger partial charge in [-0.3, -0.25) is 9.59 Å². The highest BCUT2D eigenvalue weighted by Gasteiger charge is 2.25. The number of hydrogen-bond donors (Lipinski definition) is 4. The molecule has 35 heavy (non-hydrogen) atoms. The summed E-state index contributed by atoms with van der Waals surface area (Å²) < 4.78 is 0. The molecule has 0 saturated heterocycles. The summed E-state index contributed by atoms with van der Waals surface area (Å²) in [5.41, 5.74) is 6.38. The molecular weight excluding hydrogens is 436 g/mol. The standard InChI is InChI=1S/C29H30N4O2/c1-4-9-19(2)30-20(3)16-26-25-15-14-24(18-27(25)33-29(26)35)31-22-12-8-13-23(17-22)32-28(34)21-10-6-5-7-11-21/h5-18,20,30-31H,4H2,1-3H3,(H,32,34)(H,33,35)/b19-9-,26-16-. The van der Waals surface area contributed by atoms with E-state index in [-0.39, 0.29) is 17.9 Å². The molecule has 1 aliphatic rings. The van der Waals surface area contributed by atoms with Crippen LogP contribution in [-0.4, -0.2) is 17.9 Å². The number of carbonyl (C=O) groups excluding carboxylic acids is 2. The molecule has 0 fully saturated rings. The summed E-state index contributed by atoms with van der Waals surface area (Å²) in [5.74, 6) is -0.264. The topological polar surface area (TPSA) is 82.3 Å². The fourth-order valence-corrected chi connectivity index (χ4v) is 4.09. The lowest BCUT2D eigenvalue weighted by Crippen LogP contribution is -2.23. The third kappa shape index (κ3) is 5.98. The predicted octanol–water partition coefficient (Wildman–Crippen LogP) is 6.31. The van der Waals surface area contributed by atoms with Crippen LogP contribution in [0.5, 0.6) is 0 Å². The van der Waals surface area contributed by atoms with Crippen molar-refractivity contribution < 1.29 is 9.59 Å². The normalized spacial score (nSPS) is 14.8. The molecular formula is C29H30N4O2. The fraction of sp³-hybridized carbons (Fsp3) is 0.172. The van der Waals surface area contributed by atoms with Crippen LogP contribution in [0.4, 0.5) is 22.7 Å². The number of benzene rings is 3. The van der Waals surface area contributed by atoms with Gasteiger partial charge in [0.05, 0.1) is 5.69 Å². The molecule has 6 heteroatoms. The van der Waals surface area contributed by atoms with Gasteiger partial charge in [-0.25, -0.2) is 0 Å². The van der Waals surface area contributed by atoms with Crippen LogP contribution in [0.25, 0.3) is 5.57 Å². The Morgan fingerprint density at radius 2 is 1.71 bits per heavy atom. The number of nitrogens with one attached hydrogen (secondary N) is 4. The number of allylic oxidation sites excluding steroid dienone is 2. The van der Waals surface area contributed by atoms with Gasteiger partial charge in [0.1, 0.15) is 0 Å². The Kier molecular flexibility index (Phi) is 7.31. The summed E-state index contributed by atoms with van der Waals surface area (Å²) in [6, 6.07) is 22.5. The largest absolute Gasteiger partial charge is 0.383 e. The highest BCUT2D eigenvalue weighted by Crippen LogP contribution is 2.35. The van der Waals surface area contributed by atoms with Gasteiger partial charge in [-0.1, -0.05) is 43.3 Å². The number of carbonyl (C=O) groups is 2. The molecule has 1 heterocycles. The minimum Gasteiger partial charge on any atom is -0.383 e. The maximum absolute atomic E-state index is 12.6. The molecule has 0 saturated carbocycles. The van der Waals surface area contributed by atoms with Crippen LogP contribution in [0.15, 0.2) is 90.6 Å². The second-order valence-electron chi connectivity index (χ2n) is 8.55. The maximum Gasteiger partial charge on any atom is 0.256 e. The molecule has 2 amide bonds. The highest BCUT2D eigenvalue weighted by molar-refractivity contribution is 6.31. The highest BCUT2D eigenvalue weighted by atomic mass is 16.2. The van der Waals surface area contributed by atoms with Crippen LogP contribution in [0.1, 0.15) is 43.1 Å². The second kappa shape index (κ2) is 10.7. The van der Waals surface area contributed by atoms with Crippen molar-refractivity contribution in [1.82, 2.24) is 5.32 Å². The summed E-state index contributed by atoms with van der Waals surface area (Å²) in [4.78, 5) is 25.1.